The third-order valence-corrected chi connectivity index (χ3v) is 6.33. The second-order valence-corrected chi connectivity index (χ2v) is 8.45. The van der Waals surface area contributed by atoms with Crippen LogP contribution in [0.1, 0.15) is 56.7 Å². The van der Waals surface area contributed by atoms with Gasteiger partial charge in [-0.3, -0.25) is 0 Å². The molecule has 4 rings (SSSR count). The maximum absolute atomic E-state index is 5.70. The van der Waals surface area contributed by atoms with E-state index in [1.165, 1.54) is 0 Å². The fourth-order valence-electron chi connectivity index (χ4n) is 4.26. The summed E-state index contributed by atoms with van der Waals surface area (Å²) in [4.78, 5) is 4.87. The summed E-state index contributed by atoms with van der Waals surface area (Å²) < 4.78 is 13.4. The number of hydrogen-bond donors (Lipinski definition) is 1. The Balaban J connectivity index is 1.61. The van der Waals surface area contributed by atoms with E-state index in [9.17, 15) is 0 Å². The van der Waals surface area contributed by atoms with Gasteiger partial charge in [0.25, 0.3) is 0 Å². The number of tetrazole rings is 1. The Bertz CT molecular complexity index is 1190. The average Bonchev–Trinajstić information content (AvgIpc) is 3.57. The lowest BCUT2D eigenvalue weighted by Gasteiger charge is -2.26. The van der Waals surface area contributed by atoms with E-state index in [0.717, 1.165) is 53.9 Å². The summed E-state index contributed by atoms with van der Waals surface area (Å²) in [6.45, 7) is 5.03. The first-order chi connectivity index (χ1) is 17.1. The number of aromatic nitrogens is 7. The Hall–Kier alpha value is -3.43. The molecule has 2 aromatic carbocycles. The molecular formula is C26H33N7O2. The molecule has 0 aliphatic carbocycles. The first-order valence-corrected chi connectivity index (χ1v) is 12.1. The van der Waals surface area contributed by atoms with Crippen molar-refractivity contribution in [3.8, 4) is 22.5 Å². The van der Waals surface area contributed by atoms with Gasteiger partial charge in [-0.2, -0.15) is 10.3 Å². The zero-order chi connectivity index (χ0) is 24.7. The van der Waals surface area contributed by atoms with Gasteiger partial charge < -0.3 is 9.47 Å². The highest BCUT2D eigenvalue weighted by Crippen LogP contribution is 2.31. The van der Waals surface area contributed by atoms with Crippen LogP contribution in [0.2, 0.25) is 0 Å². The monoisotopic (exact) mass is 475 g/mol. The average molecular weight is 476 g/mol. The number of methoxy groups -OCH3 is 2. The van der Waals surface area contributed by atoms with Crippen molar-refractivity contribution in [1.82, 2.24) is 35.4 Å². The minimum atomic E-state index is -0.937. The number of aryl methyl sites for hydroxylation is 1. The van der Waals surface area contributed by atoms with E-state index in [1.54, 1.807) is 14.2 Å². The molecule has 9 nitrogen and oxygen atoms in total. The van der Waals surface area contributed by atoms with Crippen molar-refractivity contribution in [3.05, 3.63) is 65.7 Å². The van der Waals surface area contributed by atoms with E-state index in [0.29, 0.717) is 24.5 Å². The fraction of sp³-hybridized carbons (Fsp3) is 0.423. The lowest BCUT2D eigenvalue weighted by Crippen LogP contribution is -2.31. The molecule has 0 saturated carbocycles. The Morgan fingerprint density at radius 2 is 1.69 bits per heavy atom. The third-order valence-electron chi connectivity index (χ3n) is 6.33. The maximum Gasteiger partial charge on any atom is 0.231 e. The van der Waals surface area contributed by atoms with Crippen LogP contribution >= 0.6 is 0 Å². The quantitative estimate of drug-likeness (QED) is 0.233. The summed E-state index contributed by atoms with van der Waals surface area (Å²) in [6.07, 6.45) is 4.64. The second kappa shape index (κ2) is 11.3. The normalized spacial score (nSPS) is 11.8. The summed E-state index contributed by atoms with van der Waals surface area (Å²) in [5.74, 6) is 1.12. The van der Waals surface area contributed by atoms with E-state index in [4.69, 9.17) is 19.6 Å². The molecule has 0 fully saturated rings. The molecule has 184 valence electrons. The molecule has 0 aliphatic heterocycles. The highest BCUT2D eigenvalue weighted by molar-refractivity contribution is 5.80. The standard InChI is InChI=1S/C26H33N7O2/c1-5-7-10-17-33-23(27-25(30-33)26(6-2,34-3)35-4)18-19-13-15-20(16-14-19)21-11-8-9-12-22(21)24-28-31-32-29-24/h8-9,11-16H,5-7,10,17-18H2,1-4H3,(H,28,29,31,32). The largest absolute Gasteiger partial charge is 0.347 e. The number of unbranched alkanes of at least 4 members (excludes halogenated alkanes) is 2. The number of nitrogens with zero attached hydrogens (tertiary/aromatic N) is 6. The predicted octanol–water partition coefficient (Wildman–Crippen LogP) is 4.76. The molecule has 0 atom stereocenters. The van der Waals surface area contributed by atoms with Crippen LogP contribution in [0.25, 0.3) is 22.5 Å². The summed E-state index contributed by atoms with van der Waals surface area (Å²) in [6, 6.07) is 16.6. The van der Waals surface area contributed by atoms with Crippen LogP contribution < -0.4 is 0 Å². The van der Waals surface area contributed by atoms with Gasteiger partial charge in [0, 0.05) is 39.2 Å². The molecule has 0 aliphatic rings. The number of aromatic amines is 1. The summed E-state index contributed by atoms with van der Waals surface area (Å²) in [7, 11) is 3.27. The fourth-order valence-corrected chi connectivity index (χ4v) is 4.26. The molecule has 1 N–H and O–H groups in total. The molecule has 4 aromatic rings. The Morgan fingerprint density at radius 1 is 0.943 bits per heavy atom. The van der Waals surface area contributed by atoms with Crippen LogP contribution in [0, 0.1) is 0 Å². The Morgan fingerprint density at radius 3 is 2.31 bits per heavy atom. The zero-order valence-electron chi connectivity index (χ0n) is 20.9. The molecule has 0 unspecified atom stereocenters. The van der Waals surface area contributed by atoms with Crippen LogP contribution in [0.4, 0.5) is 0 Å². The van der Waals surface area contributed by atoms with Gasteiger partial charge >= 0.3 is 0 Å². The van der Waals surface area contributed by atoms with Gasteiger partial charge in [0.2, 0.25) is 17.4 Å². The lowest BCUT2D eigenvalue weighted by atomic mass is 9.98. The van der Waals surface area contributed by atoms with Gasteiger partial charge in [0.1, 0.15) is 5.82 Å². The molecule has 0 radical (unpaired) electrons. The molecule has 9 heteroatoms. The minimum Gasteiger partial charge on any atom is -0.347 e. The van der Waals surface area contributed by atoms with Crippen molar-refractivity contribution in [2.75, 3.05) is 14.2 Å². The van der Waals surface area contributed by atoms with Gasteiger partial charge in [-0.05, 0) is 28.3 Å². The molecule has 0 amide bonds. The summed E-state index contributed by atoms with van der Waals surface area (Å²) in [5.41, 5.74) is 4.23. The van der Waals surface area contributed by atoms with E-state index >= 15 is 0 Å². The molecule has 0 saturated heterocycles. The van der Waals surface area contributed by atoms with Crippen molar-refractivity contribution < 1.29 is 9.47 Å². The van der Waals surface area contributed by atoms with Gasteiger partial charge in [-0.25, -0.2) is 9.67 Å². The van der Waals surface area contributed by atoms with Gasteiger partial charge in [-0.15, -0.1) is 10.2 Å². The molecule has 2 aromatic heterocycles. The van der Waals surface area contributed by atoms with Crippen LogP contribution in [-0.4, -0.2) is 49.6 Å². The Kier molecular flexibility index (Phi) is 7.99. The first kappa shape index (κ1) is 24.7. The number of ether oxygens (including phenoxy) is 2. The van der Waals surface area contributed by atoms with Gasteiger partial charge in [0.05, 0.1) is 0 Å². The predicted molar refractivity (Wildman–Crippen MR) is 133 cm³/mol. The van der Waals surface area contributed by atoms with E-state index in [1.807, 2.05) is 29.8 Å². The molecular weight excluding hydrogens is 442 g/mol. The van der Waals surface area contributed by atoms with Crippen molar-refractivity contribution in [3.63, 3.8) is 0 Å². The second-order valence-electron chi connectivity index (χ2n) is 8.45. The molecule has 0 spiro atoms. The lowest BCUT2D eigenvalue weighted by molar-refractivity contribution is -0.222. The van der Waals surface area contributed by atoms with Gasteiger partial charge in [-0.1, -0.05) is 75.2 Å². The highest BCUT2D eigenvalue weighted by Gasteiger charge is 2.35. The molecule has 2 heterocycles. The number of nitrogens with one attached hydrogen (secondary N) is 1. The van der Waals surface area contributed by atoms with E-state index in [2.05, 4.69) is 57.9 Å². The van der Waals surface area contributed by atoms with Gasteiger partial charge in [0.15, 0.2) is 0 Å². The minimum absolute atomic E-state index is 0.571. The number of H-pyrrole nitrogens is 1. The van der Waals surface area contributed by atoms with Crippen LogP contribution in [-0.2, 0) is 28.2 Å². The Labute approximate surface area is 205 Å². The number of hydrogen-bond acceptors (Lipinski definition) is 7. The first-order valence-electron chi connectivity index (χ1n) is 12.1. The summed E-state index contributed by atoms with van der Waals surface area (Å²) >= 11 is 0. The van der Waals surface area contributed by atoms with Crippen molar-refractivity contribution in [2.24, 2.45) is 0 Å². The number of benzene rings is 2. The maximum atomic E-state index is 5.70. The summed E-state index contributed by atoms with van der Waals surface area (Å²) in [5, 5.41) is 19.3. The topological polar surface area (TPSA) is 104 Å². The van der Waals surface area contributed by atoms with Crippen LogP contribution in [0.15, 0.2) is 48.5 Å². The van der Waals surface area contributed by atoms with Crippen molar-refractivity contribution >= 4 is 0 Å². The van der Waals surface area contributed by atoms with E-state index < -0.39 is 5.79 Å². The van der Waals surface area contributed by atoms with Crippen molar-refractivity contribution in [2.45, 2.75) is 58.3 Å². The third kappa shape index (κ3) is 5.31. The SMILES string of the molecule is CCCCCn1nc(C(CC)(OC)OC)nc1Cc1ccc(-c2ccccc2-c2nn[nH]n2)cc1. The van der Waals surface area contributed by atoms with Crippen molar-refractivity contribution in [1.29, 1.82) is 0 Å². The smallest absolute Gasteiger partial charge is 0.231 e. The van der Waals surface area contributed by atoms with Crippen LogP contribution in [0.5, 0.6) is 0 Å². The zero-order valence-corrected chi connectivity index (χ0v) is 20.9. The number of rotatable bonds is 12. The highest BCUT2D eigenvalue weighted by atomic mass is 16.7. The van der Waals surface area contributed by atoms with Crippen LogP contribution in [0.3, 0.4) is 0 Å². The molecule has 35 heavy (non-hydrogen) atoms. The molecule has 0 bridgehead atoms. The van der Waals surface area contributed by atoms with E-state index in [-0.39, 0.29) is 0 Å².